The van der Waals surface area contributed by atoms with Gasteiger partial charge in [0, 0.05) is 39.3 Å². The van der Waals surface area contributed by atoms with Crippen molar-refractivity contribution in [3.05, 3.63) is 0 Å². The average Bonchev–Trinajstić information content (AvgIpc) is 2.13. The first-order chi connectivity index (χ1) is 6.29. The highest BCUT2D eigenvalue weighted by molar-refractivity contribution is 5.75. The van der Waals surface area contributed by atoms with Crippen LogP contribution in [0.3, 0.4) is 0 Å². The normalized spacial score (nSPS) is 18.2. The van der Waals surface area contributed by atoms with Crippen LogP contribution in [0.5, 0.6) is 0 Å². The zero-order valence-electron chi connectivity index (χ0n) is 7.91. The van der Waals surface area contributed by atoms with Gasteiger partial charge in [0.05, 0.1) is 0 Å². The summed E-state index contributed by atoms with van der Waals surface area (Å²) >= 11 is 0. The lowest BCUT2D eigenvalue weighted by Crippen LogP contribution is -2.51. The minimum Gasteiger partial charge on any atom is -0.329 e. The summed E-state index contributed by atoms with van der Waals surface area (Å²) in [6, 6.07) is 0.0853. The molecule has 76 valence electrons. The van der Waals surface area contributed by atoms with Crippen molar-refractivity contribution in [2.24, 2.45) is 11.5 Å². The number of amides is 2. The molecule has 0 radical (unpaired) electrons. The number of rotatable bonds is 4. The van der Waals surface area contributed by atoms with Crippen LogP contribution >= 0.6 is 0 Å². The minimum absolute atomic E-state index is 0.0853. The van der Waals surface area contributed by atoms with Gasteiger partial charge < -0.3 is 21.3 Å². The van der Waals surface area contributed by atoms with Gasteiger partial charge in [0.25, 0.3) is 0 Å². The Bertz CT molecular complexity index is 154. The second kappa shape index (κ2) is 5.04. The van der Waals surface area contributed by atoms with E-state index in [1.54, 1.807) is 9.80 Å². The quantitative estimate of drug-likeness (QED) is 0.593. The fourth-order valence-electron chi connectivity index (χ4n) is 1.57. The first kappa shape index (κ1) is 10.3. The Hall–Kier alpha value is -0.810. The predicted molar refractivity (Wildman–Crippen MR) is 51.3 cm³/mol. The zero-order chi connectivity index (χ0) is 9.68. The van der Waals surface area contributed by atoms with Crippen molar-refractivity contribution < 1.29 is 4.79 Å². The molecule has 1 aliphatic rings. The highest BCUT2D eigenvalue weighted by atomic mass is 16.2. The van der Waals surface area contributed by atoms with Crippen LogP contribution in [0.2, 0.25) is 0 Å². The van der Waals surface area contributed by atoms with Crippen LogP contribution in [0.15, 0.2) is 0 Å². The highest BCUT2D eigenvalue weighted by Gasteiger charge is 2.23. The molecule has 4 N–H and O–H groups in total. The molecule has 0 aromatic carbocycles. The fraction of sp³-hybridized carbons (Fsp3) is 0.875. The van der Waals surface area contributed by atoms with Crippen LogP contribution in [0.4, 0.5) is 4.79 Å². The summed E-state index contributed by atoms with van der Waals surface area (Å²) in [4.78, 5) is 15.2. The summed E-state index contributed by atoms with van der Waals surface area (Å²) in [5.74, 6) is 0. The molecule has 0 atom stereocenters. The van der Waals surface area contributed by atoms with Crippen molar-refractivity contribution in [1.29, 1.82) is 0 Å². The van der Waals surface area contributed by atoms with E-state index < -0.39 is 0 Å². The lowest BCUT2D eigenvalue weighted by molar-refractivity contribution is 0.132. The van der Waals surface area contributed by atoms with E-state index in [2.05, 4.69) is 0 Å². The minimum atomic E-state index is 0.0853. The van der Waals surface area contributed by atoms with Gasteiger partial charge in [-0.15, -0.1) is 0 Å². The maximum Gasteiger partial charge on any atom is 0.320 e. The van der Waals surface area contributed by atoms with E-state index in [4.69, 9.17) is 11.5 Å². The summed E-state index contributed by atoms with van der Waals surface area (Å²) in [5, 5.41) is 0. The van der Waals surface area contributed by atoms with E-state index in [0.717, 1.165) is 19.5 Å². The number of carbonyl (C=O) groups excluding carboxylic acids is 1. The lowest BCUT2D eigenvalue weighted by atomic mass is 10.3. The number of nitrogens with two attached hydrogens (primary N) is 2. The van der Waals surface area contributed by atoms with E-state index >= 15 is 0 Å². The Kier molecular flexibility index (Phi) is 3.98. The summed E-state index contributed by atoms with van der Waals surface area (Å²) in [6.07, 6.45) is 1.02. The number of hydrogen-bond acceptors (Lipinski definition) is 3. The van der Waals surface area contributed by atoms with Crippen LogP contribution in [0.25, 0.3) is 0 Å². The van der Waals surface area contributed by atoms with Gasteiger partial charge in [-0.05, 0) is 6.42 Å². The summed E-state index contributed by atoms with van der Waals surface area (Å²) in [7, 11) is 0. The molecule has 2 amide bonds. The standard InChI is InChI=1S/C8H18N4O/c9-2-6-11-4-1-5-12(7-3-10)8(11)13/h1-7,9-10H2. The molecule has 0 unspecified atom stereocenters. The van der Waals surface area contributed by atoms with Crippen molar-refractivity contribution in [3.8, 4) is 0 Å². The van der Waals surface area contributed by atoms with Crippen LogP contribution in [0, 0.1) is 0 Å². The molecular formula is C8H18N4O. The first-order valence-electron chi connectivity index (χ1n) is 4.73. The van der Waals surface area contributed by atoms with E-state index in [1.807, 2.05) is 0 Å². The number of urea groups is 1. The summed E-state index contributed by atoms with van der Waals surface area (Å²) < 4.78 is 0. The van der Waals surface area contributed by atoms with Crippen molar-refractivity contribution in [3.63, 3.8) is 0 Å². The third-order valence-electron chi connectivity index (χ3n) is 2.20. The molecule has 13 heavy (non-hydrogen) atoms. The monoisotopic (exact) mass is 186 g/mol. The topological polar surface area (TPSA) is 75.6 Å². The molecule has 0 aromatic rings. The van der Waals surface area contributed by atoms with Crippen molar-refractivity contribution in [1.82, 2.24) is 9.80 Å². The van der Waals surface area contributed by atoms with Crippen molar-refractivity contribution in [2.45, 2.75) is 6.42 Å². The molecule has 5 nitrogen and oxygen atoms in total. The Morgan fingerprint density at radius 2 is 1.54 bits per heavy atom. The average molecular weight is 186 g/mol. The fourth-order valence-corrected chi connectivity index (χ4v) is 1.57. The van der Waals surface area contributed by atoms with E-state index in [-0.39, 0.29) is 6.03 Å². The highest BCUT2D eigenvalue weighted by Crippen LogP contribution is 2.07. The molecule has 1 heterocycles. The molecule has 1 aliphatic heterocycles. The van der Waals surface area contributed by atoms with Gasteiger partial charge in [-0.2, -0.15) is 0 Å². The number of hydrogen-bond donors (Lipinski definition) is 2. The Labute approximate surface area is 78.6 Å². The smallest absolute Gasteiger partial charge is 0.320 e. The molecule has 1 fully saturated rings. The molecule has 0 aromatic heterocycles. The molecule has 5 heteroatoms. The van der Waals surface area contributed by atoms with Crippen molar-refractivity contribution in [2.75, 3.05) is 39.3 Å². The molecule has 0 aliphatic carbocycles. The predicted octanol–water partition coefficient (Wildman–Crippen LogP) is -0.968. The number of carbonyl (C=O) groups is 1. The molecule has 0 saturated carbocycles. The van der Waals surface area contributed by atoms with Crippen LogP contribution < -0.4 is 11.5 Å². The first-order valence-corrected chi connectivity index (χ1v) is 4.73. The van der Waals surface area contributed by atoms with Gasteiger partial charge in [-0.3, -0.25) is 0 Å². The third kappa shape index (κ3) is 2.57. The molecular weight excluding hydrogens is 168 g/mol. The van der Waals surface area contributed by atoms with E-state index in [9.17, 15) is 4.79 Å². The molecule has 0 bridgehead atoms. The molecule has 1 saturated heterocycles. The van der Waals surface area contributed by atoms with Gasteiger partial charge in [0.1, 0.15) is 0 Å². The Balaban J connectivity index is 2.45. The van der Waals surface area contributed by atoms with Crippen LogP contribution in [-0.2, 0) is 0 Å². The number of nitrogens with zero attached hydrogens (tertiary/aromatic N) is 2. The second-order valence-electron chi connectivity index (χ2n) is 3.19. The van der Waals surface area contributed by atoms with Gasteiger partial charge in [0.2, 0.25) is 0 Å². The molecule has 0 spiro atoms. The zero-order valence-corrected chi connectivity index (χ0v) is 7.91. The third-order valence-corrected chi connectivity index (χ3v) is 2.20. The van der Waals surface area contributed by atoms with E-state index in [1.165, 1.54) is 0 Å². The molecule has 1 rings (SSSR count). The van der Waals surface area contributed by atoms with E-state index in [0.29, 0.717) is 26.2 Å². The lowest BCUT2D eigenvalue weighted by Gasteiger charge is -2.35. The second-order valence-corrected chi connectivity index (χ2v) is 3.19. The summed E-state index contributed by atoms with van der Waals surface area (Å²) in [5.41, 5.74) is 10.8. The maximum atomic E-state index is 11.6. The largest absolute Gasteiger partial charge is 0.329 e. The van der Waals surface area contributed by atoms with Gasteiger partial charge >= 0.3 is 6.03 Å². The Morgan fingerprint density at radius 3 is 1.92 bits per heavy atom. The van der Waals surface area contributed by atoms with Crippen LogP contribution in [-0.4, -0.2) is 55.1 Å². The van der Waals surface area contributed by atoms with Crippen molar-refractivity contribution >= 4 is 6.03 Å². The Morgan fingerprint density at radius 1 is 1.08 bits per heavy atom. The van der Waals surface area contributed by atoms with Crippen LogP contribution in [0.1, 0.15) is 6.42 Å². The van der Waals surface area contributed by atoms with Gasteiger partial charge in [0.15, 0.2) is 0 Å². The van der Waals surface area contributed by atoms with Gasteiger partial charge in [-0.1, -0.05) is 0 Å². The van der Waals surface area contributed by atoms with Gasteiger partial charge in [-0.25, -0.2) is 4.79 Å². The summed E-state index contributed by atoms with van der Waals surface area (Å²) in [6.45, 7) is 4.03. The SMILES string of the molecule is NCCN1CCCN(CCN)C1=O. The maximum absolute atomic E-state index is 11.6.